The second kappa shape index (κ2) is 10.1. The summed E-state index contributed by atoms with van der Waals surface area (Å²) in [5, 5.41) is 3.09. The number of nitrogens with zero attached hydrogens (tertiary/aromatic N) is 3. The van der Waals surface area contributed by atoms with Gasteiger partial charge < -0.3 is 14.6 Å². The van der Waals surface area contributed by atoms with E-state index in [0.717, 1.165) is 57.7 Å². The molecule has 1 aromatic heterocycles. The van der Waals surface area contributed by atoms with Crippen molar-refractivity contribution in [1.82, 2.24) is 19.8 Å². The summed E-state index contributed by atoms with van der Waals surface area (Å²) in [4.78, 5) is 18.8. The number of hydrogen-bond donors (Lipinski definition) is 1. The summed E-state index contributed by atoms with van der Waals surface area (Å²) in [7, 11) is 0. The van der Waals surface area contributed by atoms with Gasteiger partial charge in [-0.2, -0.15) is 0 Å². The van der Waals surface area contributed by atoms with E-state index in [9.17, 15) is 4.79 Å². The van der Waals surface area contributed by atoms with Crippen LogP contribution >= 0.6 is 0 Å². The first kappa shape index (κ1) is 19.4. The van der Waals surface area contributed by atoms with Gasteiger partial charge in [0.2, 0.25) is 5.91 Å². The van der Waals surface area contributed by atoms with Crippen molar-refractivity contribution >= 4 is 5.91 Å². The number of hydrogen-bond acceptors (Lipinski definition) is 4. The lowest BCUT2D eigenvalue weighted by Gasteiger charge is -2.31. The van der Waals surface area contributed by atoms with Gasteiger partial charge in [-0.1, -0.05) is 12.1 Å². The summed E-state index contributed by atoms with van der Waals surface area (Å²) >= 11 is 0. The molecule has 0 aliphatic carbocycles. The molecule has 0 spiro atoms. The quantitative estimate of drug-likeness (QED) is 0.690. The van der Waals surface area contributed by atoms with Crippen molar-refractivity contribution in [2.24, 2.45) is 5.92 Å². The molecule has 2 aromatic rings. The summed E-state index contributed by atoms with van der Waals surface area (Å²) in [5.41, 5.74) is 1.29. The first-order chi connectivity index (χ1) is 13.2. The topological polar surface area (TPSA) is 59.4 Å². The Balaban J connectivity index is 1.33. The summed E-state index contributed by atoms with van der Waals surface area (Å²) in [6, 6.07) is 8.32. The van der Waals surface area contributed by atoms with Crippen molar-refractivity contribution < 1.29 is 9.53 Å². The summed E-state index contributed by atoms with van der Waals surface area (Å²) in [6.07, 6.45) is 8.33. The van der Waals surface area contributed by atoms with E-state index >= 15 is 0 Å². The maximum Gasteiger partial charge on any atom is 0.223 e. The number of benzene rings is 1. The van der Waals surface area contributed by atoms with Gasteiger partial charge in [0.25, 0.3) is 0 Å². The second-order valence-corrected chi connectivity index (χ2v) is 7.07. The van der Waals surface area contributed by atoms with Gasteiger partial charge in [-0.25, -0.2) is 4.98 Å². The Morgan fingerprint density at radius 3 is 2.70 bits per heavy atom. The number of amides is 1. The molecule has 1 aromatic carbocycles. The van der Waals surface area contributed by atoms with E-state index in [1.54, 1.807) is 6.20 Å². The molecule has 1 aliphatic rings. The molecular weight excluding hydrogens is 340 g/mol. The number of likely N-dealkylation sites (tertiary alicyclic amines) is 1. The van der Waals surface area contributed by atoms with E-state index in [-0.39, 0.29) is 11.8 Å². The minimum absolute atomic E-state index is 0.148. The molecule has 27 heavy (non-hydrogen) atoms. The van der Waals surface area contributed by atoms with Crippen molar-refractivity contribution in [3.05, 3.63) is 48.5 Å². The number of piperidine rings is 1. The monoisotopic (exact) mass is 370 g/mol. The lowest BCUT2D eigenvalue weighted by atomic mass is 9.95. The van der Waals surface area contributed by atoms with E-state index in [2.05, 4.69) is 27.3 Å². The highest BCUT2D eigenvalue weighted by molar-refractivity contribution is 5.78. The molecular formula is C21H30N4O2. The van der Waals surface area contributed by atoms with Crippen LogP contribution in [0.25, 0.3) is 0 Å². The third-order valence-electron chi connectivity index (χ3n) is 5.05. The first-order valence-electron chi connectivity index (χ1n) is 9.92. The number of aromatic nitrogens is 2. The molecule has 0 atom stereocenters. The van der Waals surface area contributed by atoms with Crippen molar-refractivity contribution in [1.29, 1.82) is 0 Å². The third kappa shape index (κ3) is 6.10. The van der Waals surface area contributed by atoms with E-state index < -0.39 is 0 Å². The van der Waals surface area contributed by atoms with Gasteiger partial charge >= 0.3 is 0 Å². The van der Waals surface area contributed by atoms with E-state index in [0.29, 0.717) is 6.61 Å². The van der Waals surface area contributed by atoms with Crippen LogP contribution in [-0.4, -0.2) is 46.6 Å². The van der Waals surface area contributed by atoms with Crippen molar-refractivity contribution in [3.63, 3.8) is 0 Å². The summed E-state index contributed by atoms with van der Waals surface area (Å²) in [5.74, 6) is 1.28. The molecule has 0 unspecified atom stereocenters. The largest absolute Gasteiger partial charge is 0.494 e. The number of ether oxygens (including phenoxy) is 1. The molecule has 1 saturated heterocycles. The minimum Gasteiger partial charge on any atom is -0.494 e. The molecule has 3 rings (SSSR count). The Hall–Kier alpha value is -2.34. The summed E-state index contributed by atoms with van der Waals surface area (Å²) < 4.78 is 7.52. The van der Waals surface area contributed by atoms with Crippen LogP contribution in [0.15, 0.2) is 43.0 Å². The van der Waals surface area contributed by atoms with Crippen LogP contribution < -0.4 is 10.1 Å². The highest BCUT2D eigenvalue weighted by Crippen LogP contribution is 2.20. The van der Waals surface area contributed by atoms with E-state index in [1.165, 1.54) is 5.56 Å². The van der Waals surface area contributed by atoms with Crippen molar-refractivity contribution in [2.45, 2.75) is 39.3 Å². The van der Waals surface area contributed by atoms with Crippen LogP contribution in [0.4, 0.5) is 0 Å². The molecule has 6 heteroatoms. The molecule has 0 saturated carbocycles. The van der Waals surface area contributed by atoms with Gasteiger partial charge in [-0.05, 0) is 57.0 Å². The van der Waals surface area contributed by atoms with Gasteiger partial charge in [0.05, 0.1) is 12.9 Å². The van der Waals surface area contributed by atoms with Crippen molar-refractivity contribution in [2.75, 3.05) is 26.2 Å². The number of aryl methyl sites for hydroxylation is 1. The van der Waals surface area contributed by atoms with Gasteiger partial charge in [0.15, 0.2) is 0 Å². The van der Waals surface area contributed by atoms with Crippen LogP contribution in [0, 0.1) is 5.92 Å². The van der Waals surface area contributed by atoms with Crippen LogP contribution in [0.3, 0.4) is 0 Å². The molecule has 1 amide bonds. The fourth-order valence-electron chi connectivity index (χ4n) is 3.51. The zero-order valence-corrected chi connectivity index (χ0v) is 16.1. The Kier molecular flexibility index (Phi) is 7.27. The van der Waals surface area contributed by atoms with Gasteiger partial charge in [-0.3, -0.25) is 9.69 Å². The zero-order valence-electron chi connectivity index (χ0n) is 16.1. The Morgan fingerprint density at radius 1 is 1.26 bits per heavy atom. The lowest BCUT2D eigenvalue weighted by molar-refractivity contribution is -0.126. The maximum absolute atomic E-state index is 12.4. The molecule has 146 valence electrons. The fourth-order valence-corrected chi connectivity index (χ4v) is 3.51. The highest BCUT2D eigenvalue weighted by Gasteiger charge is 2.24. The predicted molar refractivity (Wildman–Crippen MR) is 105 cm³/mol. The lowest BCUT2D eigenvalue weighted by Crippen LogP contribution is -2.40. The average Bonchev–Trinajstić information content (AvgIpc) is 3.21. The Bertz CT molecular complexity index is 677. The normalized spacial score (nSPS) is 15.6. The minimum atomic E-state index is 0.148. The van der Waals surface area contributed by atoms with Gasteiger partial charge in [-0.15, -0.1) is 0 Å². The Labute approximate surface area is 161 Å². The number of nitrogens with one attached hydrogen (secondary N) is 1. The number of rotatable bonds is 9. The standard InChI is InChI=1S/C21H30N4O2/c1-2-27-20-6-4-18(5-7-20)16-24-13-8-19(9-14-24)21(26)23-10-3-12-25-15-11-22-17-25/h4-7,11,15,17,19H,2-3,8-10,12-14,16H2,1H3,(H,23,26). The number of imidazole rings is 1. The average molecular weight is 370 g/mol. The fraction of sp³-hybridized carbons (Fsp3) is 0.524. The van der Waals surface area contributed by atoms with Gasteiger partial charge in [0.1, 0.15) is 5.75 Å². The molecule has 2 heterocycles. The Morgan fingerprint density at radius 2 is 2.04 bits per heavy atom. The third-order valence-corrected chi connectivity index (χ3v) is 5.05. The highest BCUT2D eigenvalue weighted by atomic mass is 16.5. The molecule has 1 aliphatic heterocycles. The second-order valence-electron chi connectivity index (χ2n) is 7.07. The molecule has 6 nitrogen and oxygen atoms in total. The molecule has 1 fully saturated rings. The van der Waals surface area contributed by atoms with Crippen molar-refractivity contribution in [3.8, 4) is 5.75 Å². The van der Waals surface area contributed by atoms with E-state index in [4.69, 9.17) is 4.74 Å². The van der Waals surface area contributed by atoms with E-state index in [1.807, 2.05) is 36.1 Å². The number of carbonyl (C=O) groups excluding carboxylic acids is 1. The zero-order chi connectivity index (χ0) is 18.9. The van der Waals surface area contributed by atoms with Gasteiger partial charge in [0, 0.05) is 37.9 Å². The maximum atomic E-state index is 12.4. The molecule has 0 radical (unpaired) electrons. The smallest absolute Gasteiger partial charge is 0.223 e. The molecule has 1 N–H and O–H groups in total. The SMILES string of the molecule is CCOc1ccc(CN2CCC(C(=O)NCCCn3ccnc3)CC2)cc1. The van der Waals surface area contributed by atoms with Crippen LogP contribution in [0.1, 0.15) is 31.7 Å². The van der Waals surface area contributed by atoms with Crippen LogP contribution in [-0.2, 0) is 17.9 Å². The molecule has 0 bridgehead atoms. The first-order valence-corrected chi connectivity index (χ1v) is 9.92. The number of carbonyl (C=O) groups is 1. The van der Waals surface area contributed by atoms with Crippen LogP contribution in [0.5, 0.6) is 5.75 Å². The predicted octanol–water partition coefficient (Wildman–Crippen LogP) is 2.70. The summed E-state index contributed by atoms with van der Waals surface area (Å²) in [6.45, 7) is 7.18. The van der Waals surface area contributed by atoms with Crippen LogP contribution in [0.2, 0.25) is 0 Å².